The number of imidazole rings is 1. The molecule has 0 amide bonds. The molecule has 0 spiro atoms. The predicted molar refractivity (Wildman–Crippen MR) is 94.0 cm³/mol. The van der Waals surface area contributed by atoms with Gasteiger partial charge in [0.25, 0.3) is 0 Å². The Hall–Kier alpha value is -3.31. The van der Waals surface area contributed by atoms with E-state index in [4.69, 9.17) is 18.9 Å². The molecule has 0 saturated heterocycles. The van der Waals surface area contributed by atoms with Crippen molar-refractivity contribution in [1.82, 2.24) is 9.38 Å². The molecular weight excluding hydrogens is 316 g/mol. The molecule has 0 aliphatic rings. The lowest BCUT2D eigenvalue weighted by Gasteiger charge is -1.98. The Morgan fingerprint density at radius 1 is 1.00 bits per heavy atom. The van der Waals surface area contributed by atoms with Gasteiger partial charge in [0, 0.05) is 28.9 Å². The number of rotatable bonds is 3. The van der Waals surface area contributed by atoms with Crippen LogP contribution in [0, 0.1) is 0 Å². The van der Waals surface area contributed by atoms with E-state index in [9.17, 15) is 0 Å². The summed E-state index contributed by atoms with van der Waals surface area (Å²) in [4.78, 5) is 4.69. The molecule has 0 unspecified atom stereocenters. The molecule has 0 bridgehead atoms. The zero-order valence-electron chi connectivity index (χ0n) is 13.2. The van der Waals surface area contributed by atoms with E-state index in [1.54, 1.807) is 12.3 Å². The maximum absolute atomic E-state index is 9.15. The first-order valence-corrected chi connectivity index (χ1v) is 7.97. The van der Waals surface area contributed by atoms with E-state index in [-0.39, 0.29) is 6.61 Å². The minimum absolute atomic E-state index is 0.106. The zero-order valence-corrected chi connectivity index (χ0v) is 13.2. The quantitative estimate of drug-likeness (QED) is 0.529. The first kappa shape index (κ1) is 14.1. The molecule has 5 rings (SSSR count). The fourth-order valence-electron chi connectivity index (χ4n) is 3.06. The molecule has 0 atom stereocenters. The molecule has 0 aliphatic heterocycles. The smallest absolute Gasteiger partial charge is 0.137 e. The fraction of sp³-hybridized carbons (Fsp3) is 0.0500. The highest BCUT2D eigenvalue weighted by Gasteiger charge is 2.12. The second kappa shape index (κ2) is 5.36. The minimum atomic E-state index is -0.106. The van der Waals surface area contributed by atoms with Crippen molar-refractivity contribution in [2.24, 2.45) is 0 Å². The van der Waals surface area contributed by atoms with Gasteiger partial charge in [0.15, 0.2) is 0 Å². The predicted octanol–water partition coefficient (Wildman–Crippen LogP) is 4.50. The molecule has 0 radical (unpaired) electrons. The van der Waals surface area contributed by atoms with Crippen LogP contribution in [0.15, 0.2) is 76.0 Å². The second-order valence-electron chi connectivity index (χ2n) is 5.88. The van der Waals surface area contributed by atoms with Gasteiger partial charge in [-0.15, -0.1) is 0 Å². The van der Waals surface area contributed by atoms with Gasteiger partial charge < -0.3 is 18.3 Å². The standard InChI is InChI=1S/C20H14N2O3/c23-11-14-6-7-18(25-14)13-5-8-20-21-17(10-22(20)9-13)16-12-24-19-4-2-1-3-15(16)19/h1-10,12,23H,11H2. The number of para-hydroxylation sites is 1. The number of fused-ring (bicyclic) bond motifs is 2. The molecule has 4 aromatic heterocycles. The molecule has 4 heterocycles. The third-order valence-electron chi connectivity index (χ3n) is 4.31. The maximum Gasteiger partial charge on any atom is 0.137 e. The lowest BCUT2D eigenvalue weighted by molar-refractivity contribution is 0.248. The minimum Gasteiger partial charge on any atom is -0.464 e. The summed E-state index contributed by atoms with van der Waals surface area (Å²) in [5.41, 5.74) is 4.45. The maximum atomic E-state index is 9.15. The topological polar surface area (TPSA) is 63.8 Å². The summed E-state index contributed by atoms with van der Waals surface area (Å²) in [6.07, 6.45) is 5.69. The third-order valence-corrected chi connectivity index (χ3v) is 4.31. The van der Waals surface area contributed by atoms with Crippen LogP contribution in [0.5, 0.6) is 0 Å². The van der Waals surface area contributed by atoms with Crippen molar-refractivity contribution in [3.63, 3.8) is 0 Å². The van der Waals surface area contributed by atoms with E-state index >= 15 is 0 Å². The van der Waals surface area contributed by atoms with Gasteiger partial charge in [-0.3, -0.25) is 0 Å². The Labute approximate surface area is 142 Å². The highest BCUT2D eigenvalue weighted by atomic mass is 16.4. The molecule has 5 aromatic rings. The molecule has 122 valence electrons. The summed E-state index contributed by atoms with van der Waals surface area (Å²) in [6, 6.07) is 15.5. The molecule has 0 aliphatic carbocycles. The lowest BCUT2D eigenvalue weighted by atomic mass is 10.1. The fourth-order valence-corrected chi connectivity index (χ4v) is 3.06. The van der Waals surface area contributed by atoms with Gasteiger partial charge in [0.2, 0.25) is 0 Å². The largest absolute Gasteiger partial charge is 0.464 e. The summed E-state index contributed by atoms with van der Waals surface area (Å²) < 4.78 is 13.2. The number of aliphatic hydroxyl groups excluding tert-OH is 1. The third kappa shape index (κ3) is 2.25. The van der Waals surface area contributed by atoms with Crippen molar-refractivity contribution >= 4 is 16.6 Å². The van der Waals surface area contributed by atoms with Gasteiger partial charge in [0.1, 0.15) is 35.6 Å². The van der Waals surface area contributed by atoms with Crippen LogP contribution >= 0.6 is 0 Å². The average Bonchev–Trinajstić information content (AvgIpc) is 3.37. The van der Waals surface area contributed by atoms with E-state index in [1.807, 2.05) is 59.3 Å². The van der Waals surface area contributed by atoms with Crippen LogP contribution in [0.1, 0.15) is 5.76 Å². The van der Waals surface area contributed by atoms with Crippen LogP contribution in [-0.2, 0) is 6.61 Å². The number of aromatic nitrogens is 2. The van der Waals surface area contributed by atoms with Gasteiger partial charge in [-0.25, -0.2) is 4.98 Å². The number of nitrogens with zero attached hydrogens (tertiary/aromatic N) is 2. The SMILES string of the molecule is OCc1ccc(-c2ccc3nc(-c4coc5ccccc45)cn3c2)o1. The molecular formula is C20H14N2O3. The van der Waals surface area contributed by atoms with Gasteiger partial charge in [0.05, 0.1) is 5.69 Å². The first-order chi connectivity index (χ1) is 12.3. The number of hydrogen-bond acceptors (Lipinski definition) is 4. The Kier molecular flexibility index (Phi) is 3.02. The van der Waals surface area contributed by atoms with Gasteiger partial charge in [-0.2, -0.15) is 0 Å². The molecule has 1 N–H and O–H groups in total. The van der Waals surface area contributed by atoms with Crippen molar-refractivity contribution < 1.29 is 13.9 Å². The zero-order chi connectivity index (χ0) is 16.8. The summed E-state index contributed by atoms with van der Waals surface area (Å²) in [6.45, 7) is -0.106. The summed E-state index contributed by atoms with van der Waals surface area (Å²) in [5, 5.41) is 10.2. The second-order valence-corrected chi connectivity index (χ2v) is 5.88. The molecule has 0 saturated carbocycles. The Balaban J connectivity index is 1.62. The first-order valence-electron chi connectivity index (χ1n) is 7.97. The Morgan fingerprint density at radius 3 is 2.80 bits per heavy atom. The Bertz CT molecular complexity index is 1200. The van der Waals surface area contributed by atoms with E-state index < -0.39 is 0 Å². The van der Waals surface area contributed by atoms with E-state index in [0.717, 1.165) is 39.2 Å². The van der Waals surface area contributed by atoms with Crippen molar-refractivity contribution in [2.75, 3.05) is 0 Å². The van der Waals surface area contributed by atoms with Crippen LogP contribution in [0.3, 0.4) is 0 Å². The van der Waals surface area contributed by atoms with Crippen LogP contribution in [0.4, 0.5) is 0 Å². The number of aliphatic hydroxyl groups is 1. The molecule has 5 heteroatoms. The van der Waals surface area contributed by atoms with Crippen LogP contribution in [0.2, 0.25) is 0 Å². The summed E-state index contributed by atoms with van der Waals surface area (Å²) >= 11 is 0. The van der Waals surface area contributed by atoms with Crippen LogP contribution in [-0.4, -0.2) is 14.5 Å². The number of hydrogen-bond donors (Lipinski definition) is 1. The number of furan rings is 2. The number of benzene rings is 1. The van der Waals surface area contributed by atoms with Crippen molar-refractivity contribution in [3.8, 4) is 22.6 Å². The van der Waals surface area contributed by atoms with Crippen LogP contribution in [0.25, 0.3) is 39.2 Å². The van der Waals surface area contributed by atoms with Crippen molar-refractivity contribution in [2.45, 2.75) is 6.61 Å². The van der Waals surface area contributed by atoms with Gasteiger partial charge in [-0.05, 0) is 30.3 Å². The van der Waals surface area contributed by atoms with Crippen molar-refractivity contribution in [3.05, 3.63) is 72.9 Å². The monoisotopic (exact) mass is 330 g/mol. The van der Waals surface area contributed by atoms with Gasteiger partial charge in [-0.1, -0.05) is 18.2 Å². The Morgan fingerprint density at radius 2 is 1.92 bits per heavy atom. The van der Waals surface area contributed by atoms with E-state index in [0.29, 0.717) is 5.76 Å². The molecule has 0 fully saturated rings. The number of pyridine rings is 1. The van der Waals surface area contributed by atoms with Gasteiger partial charge >= 0.3 is 0 Å². The van der Waals surface area contributed by atoms with Crippen LogP contribution < -0.4 is 0 Å². The molecule has 1 aromatic carbocycles. The highest BCUT2D eigenvalue weighted by Crippen LogP contribution is 2.30. The summed E-state index contributed by atoms with van der Waals surface area (Å²) in [7, 11) is 0. The highest BCUT2D eigenvalue weighted by molar-refractivity contribution is 5.93. The lowest BCUT2D eigenvalue weighted by Crippen LogP contribution is -1.84. The normalized spacial score (nSPS) is 11.6. The average molecular weight is 330 g/mol. The summed E-state index contributed by atoms with van der Waals surface area (Å²) in [5.74, 6) is 1.27. The van der Waals surface area contributed by atoms with E-state index in [2.05, 4.69) is 0 Å². The molecule has 25 heavy (non-hydrogen) atoms. The van der Waals surface area contributed by atoms with E-state index in [1.165, 1.54) is 0 Å². The van der Waals surface area contributed by atoms with Crippen molar-refractivity contribution in [1.29, 1.82) is 0 Å². The molecule has 5 nitrogen and oxygen atoms in total.